The van der Waals surface area contributed by atoms with Gasteiger partial charge >= 0.3 is 0 Å². The summed E-state index contributed by atoms with van der Waals surface area (Å²) in [5.74, 6) is 1.04. The monoisotopic (exact) mass is 383 g/mol. The van der Waals surface area contributed by atoms with Crippen molar-refractivity contribution in [2.45, 2.75) is 19.4 Å². The highest BCUT2D eigenvalue weighted by Gasteiger charge is 2.18. The van der Waals surface area contributed by atoms with E-state index < -0.39 is 0 Å². The Bertz CT molecular complexity index is 824. The lowest BCUT2D eigenvalue weighted by molar-refractivity contribution is 0.112. The minimum atomic E-state index is 0.242. The number of nitrogens with one attached hydrogen (secondary N) is 1. The number of guanidine groups is 1. The number of hydrazone groups is 1. The van der Waals surface area contributed by atoms with Gasteiger partial charge in [-0.1, -0.05) is 48.0 Å². The van der Waals surface area contributed by atoms with Crippen molar-refractivity contribution in [3.63, 3.8) is 0 Å². The fourth-order valence-corrected chi connectivity index (χ4v) is 3.00. The molecule has 1 saturated heterocycles. The Morgan fingerprint density at radius 3 is 2.41 bits per heavy atom. The Morgan fingerprint density at radius 1 is 1.11 bits per heavy atom. The average molecular weight is 384 g/mol. The molecule has 3 rings (SSSR count). The third-order valence-corrected chi connectivity index (χ3v) is 4.58. The first-order valence-electron chi connectivity index (χ1n) is 8.84. The van der Waals surface area contributed by atoms with Gasteiger partial charge in [0.1, 0.15) is 6.29 Å². The Balaban J connectivity index is 1.72. The number of benzene rings is 2. The van der Waals surface area contributed by atoms with Crippen LogP contribution in [0, 0.1) is 0 Å². The van der Waals surface area contributed by atoms with Crippen molar-refractivity contribution in [3.05, 3.63) is 70.2 Å². The first kappa shape index (κ1) is 18.9. The molecule has 0 aromatic heterocycles. The summed E-state index contributed by atoms with van der Waals surface area (Å²) in [4.78, 5) is 17.4. The zero-order valence-electron chi connectivity index (χ0n) is 14.9. The number of nitrogens with zero attached hydrogens (tertiary/aromatic N) is 3. The van der Waals surface area contributed by atoms with E-state index in [-0.39, 0.29) is 5.96 Å². The van der Waals surface area contributed by atoms with E-state index in [1.807, 2.05) is 36.4 Å². The average Bonchev–Trinajstić information content (AvgIpc) is 3.23. The number of amidine groups is 1. The fourth-order valence-electron chi connectivity index (χ4n) is 2.87. The number of hydrogen-bond acceptors (Lipinski definition) is 3. The van der Waals surface area contributed by atoms with Crippen LogP contribution in [0.5, 0.6) is 0 Å². The summed E-state index contributed by atoms with van der Waals surface area (Å²) < 4.78 is 0. The summed E-state index contributed by atoms with van der Waals surface area (Å²) in [6.07, 6.45) is 3.09. The Labute approximate surface area is 163 Å². The maximum absolute atomic E-state index is 10.9. The van der Waals surface area contributed by atoms with E-state index in [1.54, 1.807) is 12.1 Å². The summed E-state index contributed by atoms with van der Waals surface area (Å²) in [7, 11) is 0. The van der Waals surface area contributed by atoms with Gasteiger partial charge < -0.3 is 10.6 Å². The number of aldehydes is 1. The molecule has 1 aliphatic heterocycles. The third-order valence-electron chi connectivity index (χ3n) is 4.33. The van der Waals surface area contributed by atoms with Crippen molar-refractivity contribution in [2.24, 2.45) is 15.8 Å². The van der Waals surface area contributed by atoms with Crippen LogP contribution in [0.4, 0.5) is 0 Å². The van der Waals surface area contributed by atoms with Gasteiger partial charge in [-0.05, 0) is 30.5 Å². The largest absolute Gasteiger partial charge is 0.369 e. The van der Waals surface area contributed by atoms with Crippen molar-refractivity contribution in [2.75, 3.05) is 13.1 Å². The molecule has 1 aliphatic rings. The van der Waals surface area contributed by atoms with E-state index in [2.05, 4.69) is 20.4 Å². The lowest BCUT2D eigenvalue weighted by Gasteiger charge is -2.20. The molecule has 3 N–H and O–H groups in total. The lowest BCUT2D eigenvalue weighted by Crippen LogP contribution is -2.34. The number of hydrogen-bond donors (Lipinski definition) is 2. The second kappa shape index (κ2) is 9.19. The van der Waals surface area contributed by atoms with Gasteiger partial charge in [0.2, 0.25) is 5.96 Å². The van der Waals surface area contributed by atoms with E-state index in [9.17, 15) is 4.79 Å². The predicted octanol–water partition coefficient (Wildman–Crippen LogP) is 3.01. The lowest BCUT2D eigenvalue weighted by atomic mass is 10.1. The van der Waals surface area contributed by atoms with Crippen LogP contribution in [0.3, 0.4) is 0 Å². The van der Waals surface area contributed by atoms with Crippen molar-refractivity contribution in [3.8, 4) is 0 Å². The molecule has 0 unspecified atom stereocenters. The van der Waals surface area contributed by atoms with Crippen LogP contribution >= 0.6 is 11.6 Å². The summed E-state index contributed by atoms with van der Waals surface area (Å²) in [5.41, 5.74) is 11.4. The first-order chi connectivity index (χ1) is 13.2. The second-order valence-corrected chi connectivity index (χ2v) is 6.75. The van der Waals surface area contributed by atoms with Crippen molar-refractivity contribution in [1.82, 2.24) is 10.3 Å². The molecular formula is C20H22ClN5O. The van der Waals surface area contributed by atoms with E-state index in [1.165, 1.54) is 0 Å². The highest BCUT2D eigenvalue weighted by molar-refractivity contribution is 6.30. The SMILES string of the molecule is NC(=NCc1ccc(Cl)cc1)NN=C(c1ccc(C=O)cc1)N1CCCC1. The summed E-state index contributed by atoms with van der Waals surface area (Å²) in [5, 5.41) is 5.17. The van der Waals surface area contributed by atoms with Crippen molar-refractivity contribution >= 4 is 29.7 Å². The van der Waals surface area contributed by atoms with Crippen LogP contribution in [0.25, 0.3) is 0 Å². The quantitative estimate of drug-likeness (QED) is 0.360. The van der Waals surface area contributed by atoms with Crippen LogP contribution in [-0.2, 0) is 6.54 Å². The summed E-state index contributed by atoms with van der Waals surface area (Å²) >= 11 is 5.88. The number of aliphatic imine (C=N–C) groups is 1. The molecule has 0 bridgehead atoms. The van der Waals surface area contributed by atoms with Crippen LogP contribution in [0.1, 0.15) is 34.3 Å². The Hall–Kier alpha value is -2.86. The molecule has 7 heteroatoms. The van der Waals surface area contributed by atoms with Gasteiger partial charge in [0, 0.05) is 29.2 Å². The minimum Gasteiger partial charge on any atom is -0.369 e. The minimum absolute atomic E-state index is 0.242. The number of halogens is 1. The maximum atomic E-state index is 10.9. The van der Waals surface area contributed by atoms with Gasteiger partial charge in [-0.2, -0.15) is 5.10 Å². The Morgan fingerprint density at radius 2 is 1.78 bits per heavy atom. The fraction of sp³-hybridized carbons (Fsp3) is 0.250. The molecule has 0 radical (unpaired) electrons. The van der Waals surface area contributed by atoms with Gasteiger partial charge in [-0.3, -0.25) is 4.79 Å². The molecule has 27 heavy (non-hydrogen) atoms. The normalized spacial score (nSPS) is 15.1. The predicted molar refractivity (Wildman–Crippen MR) is 109 cm³/mol. The maximum Gasteiger partial charge on any atom is 0.209 e. The van der Waals surface area contributed by atoms with E-state index in [4.69, 9.17) is 17.3 Å². The molecule has 1 heterocycles. The van der Waals surface area contributed by atoms with Crippen LogP contribution in [-0.4, -0.2) is 36.1 Å². The van der Waals surface area contributed by atoms with E-state index >= 15 is 0 Å². The second-order valence-electron chi connectivity index (χ2n) is 6.31. The molecule has 0 atom stereocenters. The number of rotatable bonds is 5. The summed E-state index contributed by atoms with van der Waals surface area (Å²) in [6.45, 7) is 2.33. The molecule has 1 fully saturated rings. The Kier molecular flexibility index (Phi) is 6.44. The van der Waals surface area contributed by atoms with Crippen molar-refractivity contribution < 1.29 is 4.79 Å². The first-order valence-corrected chi connectivity index (χ1v) is 9.22. The molecule has 2 aromatic rings. The molecule has 0 spiro atoms. The van der Waals surface area contributed by atoms with Gasteiger partial charge in [0.05, 0.1) is 6.54 Å². The standard InChI is InChI=1S/C20H22ClN5O/c21-18-9-5-15(6-10-18)13-23-20(22)25-24-19(26-11-1-2-12-26)17-7-3-16(14-27)4-8-17/h3-10,14H,1-2,11-13H2,(H3,22,23,25). The number of carbonyl (C=O) groups is 1. The zero-order chi connectivity index (χ0) is 19.1. The van der Waals surface area contributed by atoms with Crippen LogP contribution < -0.4 is 11.2 Å². The van der Waals surface area contributed by atoms with Gasteiger partial charge in [-0.25, -0.2) is 10.4 Å². The topological polar surface area (TPSA) is 83.1 Å². The molecule has 0 saturated carbocycles. The zero-order valence-corrected chi connectivity index (χ0v) is 15.7. The van der Waals surface area contributed by atoms with Gasteiger partial charge in [0.25, 0.3) is 0 Å². The number of nitrogens with two attached hydrogens (primary N) is 1. The third kappa shape index (κ3) is 5.31. The number of carbonyl (C=O) groups excluding carboxylic acids is 1. The molecule has 6 nitrogen and oxygen atoms in total. The highest BCUT2D eigenvalue weighted by Crippen LogP contribution is 2.14. The van der Waals surface area contributed by atoms with Crippen LogP contribution in [0.15, 0.2) is 58.6 Å². The van der Waals surface area contributed by atoms with E-state index in [0.29, 0.717) is 17.1 Å². The van der Waals surface area contributed by atoms with Gasteiger partial charge in [-0.15, -0.1) is 0 Å². The smallest absolute Gasteiger partial charge is 0.209 e. The van der Waals surface area contributed by atoms with Crippen molar-refractivity contribution in [1.29, 1.82) is 0 Å². The molecular weight excluding hydrogens is 362 g/mol. The summed E-state index contributed by atoms with van der Waals surface area (Å²) in [6, 6.07) is 14.8. The molecule has 140 valence electrons. The molecule has 2 aromatic carbocycles. The number of likely N-dealkylation sites (tertiary alicyclic amines) is 1. The van der Waals surface area contributed by atoms with Gasteiger partial charge in [0.15, 0.2) is 5.84 Å². The molecule has 0 amide bonds. The van der Waals surface area contributed by atoms with E-state index in [0.717, 1.165) is 49.2 Å². The van der Waals surface area contributed by atoms with Crippen LogP contribution in [0.2, 0.25) is 5.02 Å². The molecule has 0 aliphatic carbocycles. The highest BCUT2D eigenvalue weighted by atomic mass is 35.5.